The summed E-state index contributed by atoms with van der Waals surface area (Å²) >= 11 is 1.70. The number of thioether (sulfide) groups is 1. The third-order valence-corrected chi connectivity index (χ3v) is 2.74. The Hall–Kier alpha value is -0.910. The van der Waals surface area contributed by atoms with Gasteiger partial charge in [-0.05, 0) is 24.2 Å². The molecule has 0 amide bonds. The molecule has 0 aliphatic carbocycles. The van der Waals surface area contributed by atoms with Crippen molar-refractivity contribution in [1.82, 2.24) is 5.32 Å². The zero-order chi connectivity index (χ0) is 10.2. The Labute approximate surface area is 90.3 Å². The fourth-order valence-electron chi connectivity index (χ4n) is 1.10. The summed E-state index contributed by atoms with van der Waals surface area (Å²) in [6.45, 7) is 4.06. The van der Waals surface area contributed by atoms with Crippen molar-refractivity contribution in [1.29, 1.82) is 0 Å². The SMILES string of the molecule is C#CCSc1ccc(CNCC)cc1. The molecule has 14 heavy (non-hydrogen) atoms. The molecule has 0 bridgehead atoms. The third-order valence-electron chi connectivity index (χ3n) is 1.82. The molecule has 1 aromatic carbocycles. The van der Waals surface area contributed by atoms with Crippen LogP contribution >= 0.6 is 11.8 Å². The van der Waals surface area contributed by atoms with Gasteiger partial charge >= 0.3 is 0 Å². The molecule has 0 saturated heterocycles. The van der Waals surface area contributed by atoms with Crippen LogP contribution in [0.4, 0.5) is 0 Å². The van der Waals surface area contributed by atoms with Crippen molar-refractivity contribution in [3.8, 4) is 12.3 Å². The second-order valence-electron chi connectivity index (χ2n) is 2.92. The summed E-state index contributed by atoms with van der Waals surface area (Å²) in [6, 6.07) is 8.52. The molecule has 0 fully saturated rings. The van der Waals surface area contributed by atoms with Crippen molar-refractivity contribution in [3.05, 3.63) is 29.8 Å². The molecular formula is C12H15NS. The van der Waals surface area contributed by atoms with E-state index in [0.29, 0.717) is 0 Å². The Morgan fingerprint density at radius 3 is 2.64 bits per heavy atom. The van der Waals surface area contributed by atoms with Gasteiger partial charge < -0.3 is 5.32 Å². The van der Waals surface area contributed by atoms with Crippen molar-refractivity contribution in [2.45, 2.75) is 18.4 Å². The first kappa shape index (κ1) is 11.2. The highest BCUT2D eigenvalue weighted by Crippen LogP contribution is 2.17. The fourth-order valence-corrected chi connectivity index (χ4v) is 1.68. The van der Waals surface area contributed by atoms with Gasteiger partial charge in [-0.15, -0.1) is 18.2 Å². The Bertz CT molecular complexity index is 297. The van der Waals surface area contributed by atoms with Crippen LogP contribution in [-0.2, 0) is 6.54 Å². The average Bonchev–Trinajstić information content (AvgIpc) is 2.25. The standard InChI is InChI=1S/C12H15NS/c1-3-9-14-12-7-5-11(6-8-12)10-13-4-2/h1,5-8,13H,4,9-10H2,2H3. The van der Waals surface area contributed by atoms with Crippen LogP contribution in [0.2, 0.25) is 0 Å². The lowest BCUT2D eigenvalue weighted by Crippen LogP contribution is -2.11. The zero-order valence-electron chi connectivity index (χ0n) is 8.42. The maximum atomic E-state index is 5.19. The summed E-state index contributed by atoms with van der Waals surface area (Å²) in [7, 11) is 0. The van der Waals surface area contributed by atoms with E-state index < -0.39 is 0 Å². The van der Waals surface area contributed by atoms with Crippen molar-refractivity contribution in [3.63, 3.8) is 0 Å². The maximum Gasteiger partial charge on any atom is 0.0592 e. The Morgan fingerprint density at radius 2 is 2.07 bits per heavy atom. The van der Waals surface area contributed by atoms with E-state index in [0.717, 1.165) is 18.8 Å². The van der Waals surface area contributed by atoms with Gasteiger partial charge in [0.25, 0.3) is 0 Å². The molecule has 1 aromatic rings. The molecule has 0 heterocycles. The van der Waals surface area contributed by atoms with Crippen LogP contribution < -0.4 is 5.32 Å². The average molecular weight is 205 g/mol. The minimum Gasteiger partial charge on any atom is -0.313 e. The molecule has 74 valence electrons. The van der Waals surface area contributed by atoms with E-state index in [2.05, 4.69) is 42.4 Å². The lowest BCUT2D eigenvalue weighted by atomic mass is 10.2. The number of hydrogen-bond acceptors (Lipinski definition) is 2. The molecule has 1 rings (SSSR count). The van der Waals surface area contributed by atoms with Gasteiger partial charge in [0.15, 0.2) is 0 Å². The molecule has 0 unspecified atom stereocenters. The third kappa shape index (κ3) is 3.87. The van der Waals surface area contributed by atoms with Crippen LogP contribution in [0.5, 0.6) is 0 Å². The second-order valence-corrected chi connectivity index (χ2v) is 3.97. The number of hydrogen-bond donors (Lipinski definition) is 1. The molecule has 1 N–H and O–H groups in total. The summed E-state index contributed by atoms with van der Waals surface area (Å²) in [6.07, 6.45) is 5.19. The van der Waals surface area contributed by atoms with Crippen LogP contribution in [0.3, 0.4) is 0 Å². The number of terminal acetylenes is 1. The number of rotatable bonds is 5. The van der Waals surface area contributed by atoms with Crippen molar-refractivity contribution in [2.24, 2.45) is 0 Å². The minimum atomic E-state index is 0.743. The summed E-state index contributed by atoms with van der Waals surface area (Å²) in [4.78, 5) is 1.24. The molecule has 2 heteroatoms. The van der Waals surface area contributed by atoms with Gasteiger partial charge in [0.05, 0.1) is 5.75 Å². The van der Waals surface area contributed by atoms with Crippen LogP contribution in [0, 0.1) is 12.3 Å². The summed E-state index contributed by atoms with van der Waals surface area (Å²) in [5.74, 6) is 3.36. The van der Waals surface area contributed by atoms with Crippen LogP contribution in [-0.4, -0.2) is 12.3 Å². The summed E-state index contributed by atoms with van der Waals surface area (Å²) in [5, 5.41) is 3.29. The lowest BCUT2D eigenvalue weighted by molar-refractivity contribution is 0.726. The topological polar surface area (TPSA) is 12.0 Å². The van der Waals surface area contributed by atoms with E-state index in [1.807, 2.05) is 0 Å². The largest absolute Gasteiger partial charge is 0.313 e. The van der Waals surface area contributed by atoms with E-state index >= 15 is 0 Å². The van der Waals surface area contributed by atoms with E-state index in [1.54, 1.807) is 11.8 Å². The van der Waals surface area contributed by atoms with Crippen molar-refractivity contribution >= 4 is 11.8 Å². The monoisotopic (exact) mass is 205 g/mol. The van der Waals surface area contributed by atoms with Gasteiger partial charge in [0, 0.05) is 11.4 Å². The maximum absolute atomic E-state index is 5.19. The minimum absolute atomic E-state index is 0.743. The van der Waals surface area contributed by atoms with E-state index in [1.165, 1.54) is 10.5 Å². The molecule has 0 atom stereocenters. The second kappa shape index (κ2) is 6.53. The molecular weight excluding hydrogens is 190 g/mol. The van der Waals surface area contributed by atoms with Gasteiger partial charge in [-0.25, -0.2) is 0 Å². The summed E-state index contributed by atoms with van der Waals surface area (Å²) in [5.41, 5.74) is 1.32. The highest BCUT2D eigenvalue weighted by Gasteiger charge is 1.93. The van der Waals surface area contributed by atoms with E-state index in [9.17, 15) is 0 Å². The number of nitrogens with one attached hydrogen (secondary N) is 1. The van der Waals surface area contributed by atoms with Crippen LogP contribution in [0.25, 0.3) is 0 Å². The fraction of sp³-hybridized carbons (Fsp3) is 0.333. The van der Waals surface area contributed by atoms with E-state index in [-0.39, 0.29) is 0 Å². The lowest BCUT2D eigenvalue weighted by Gasteiger charge is -2.03. The molecule has 1 nitrogen and oxygen atoms in total. The molecule has 0 aliphatic rings. The first-order valence-corrected chi connectivity index (χ1v) is 5.71. The normalized spacial score (nSPS) is 9.71. The molecule has 0 spiro atoms. The van der Waals surface area contributed by atoms with Crippen LogP contribution in [0.15, 0.2) is 29.2 Å². The van der Waals surface area contributed by atoms with Crippen molar-refractivity contribution < 1.29 is 0 Å². The van der Waals surface area contributed by atoms with Gasteiger partial charge in [0.2, 0.25) is 0 Å². The van der Waals surface area contributed by atoms with E-state index in [4.69, 9.17) is 6.42 Å². The highest BCUT2D eigenvalue weighted by atomic mass is 32.2. The van der Waals surface area contributed by atoms with Gasteiger partial charge in [-0.1, -0.05) is 25.0 Å². The molecule has 0 radical (unpaired) electrons. The Kier molecular flexibility index (Phi) is 5.21. The molecule has 0 saturated carbocycles. The Balaban J connectivity index is 2.47. The summed E-state index contributed by atoms with van der Waals surface area (Å²) < 4.78 is 0. The van der Waals surface area contributed by atoms with Gasteiger partial charge in [-0.3, -0.25) is 0 Å². The smallest absolute Gasteiger partial charge is 0.0592 e. The zero-order valence-corrected chi connectivity index (χ0v) is 9.23. The highest BCUT2D eigenvalue weighted by molar-refractivity contribution is 7.99. The quantitative estimate of drug-likeness (QED) is 0.585. The van der Waals surface area contributed by atoms with Gasteiger partial charge in [-0.2, -0.15) is 0 Å². The van der Waals surface area contributed by atoms with Crippen molar-refractivity contribution in [2.75, 3.05) is 12.3 Å². The molecule has 0 aromatic heterocycles. The predicted molar refractivity (Wildman–Crippen MR) is 63.4 cm³/mol. The van der Waals surface area contributed by atoms with Gasteiger partial charge in [0.1, 0.15) is 0 Å². The molecule has 0 aliphatic heterocycles. The first-order chi connectivity index (χ1) is 6.86. The predicted octanol–water partition coefficient (Wildman–Crippen LogP) is 2.52. The Morgan fingerprint density at radius 1 is 1.36 bits per heavy atom. The first-order valence-electron chi connectivity index (χ1n) is 4.72. The van der Waals surface area contributed by atoms with Crippen LogP contribution in [0.1, 0.15) is 12.5 Å². The number of benzene rings is 1.